The normalized spacial score (nSPS) is 17.5. The van der Waals surface area contributed by atoms with Crippen molar-refractivity contribution >= 4 is 17.4 Å². The Labute approximate surface area is 114 Å². The number of nitrogens with one attached hydrogen (secondary N) is 1. The quantitative estimate of drug-likeness (QED) is 0.851. The smallest absolute Gasteiger partial charge is 0.370 e. The van der Waals surface area contributed by atoms with Crippen molar-refractivity contribution in [3.8, 4) is 0 Å². The van der Waals surface area contributed by atoms with Crippen molar-refractivity contribution in [3.63, 3.8) is 0 Å². The largest absolute Gasteiger partial charge is 0.433 e. The van der Waals surface area contributed by atoms with E-state index in [1.54, 1.807) is 0 Å². The highest BCUT2D eigenvalue weighted by Crippen LogP contribution is 2.30. The van der Waals surface area contributed by atoms with Gasteiger partial charge in [0.15, 0.2) is 5.69 Å². The molecule has 1 saturated carbocycles. The summed E-state index contributed by atoms with van der Waals surface area (Å²) in [4.78, 5) is 6.96. The van der Waals surface area contributed by atoms with Crippen molar-refractivity contribution in [3.05, 3.63) is 17.0 Å². The van der Waals surface area contributed by atoms with Crippen LogP contribution in [0.5, 0.6) is 0 Å². The van der Waals surface area contributed by atoms with Crippen LogP contribution in [0.15, 0.2) is 6.07 Å². The van der Waals surface area contributed by atoms with E-state index >= 15 is 0 Å². The van der Waals surface area contributed by atoms with Crippen LogP contribution < -0.4 is 5.32 Å². The third kappa shape index (κ3) is 4.23. The first kappa shape index (κ1) is 14.4. The van der Waals surface area contributed by atoms with Crippen LogP contribution in [0, 0.1) is 5.92 Å². The van der Waals surface area contributed by atoms with Crippen molar-refractivity contribution in [2.45, 2.75) is 38.3 Å². The van der Waals surface area contributed by atoms with E-state index in [9.17, 15) is 13.2 Å². The summed E-state index contributed by atoms with van der Waals surface area (Å²) in [5, 5.41) is 2.54. The molecule has 0 amide bonds. The molecule has 106 valence electrons. The van der Waals surface area contributed by atoms with Gasteiger partial charge in [0.1, 0.15) is 5.82 Å². The highest BCUT2D eigenvalue weighted by Gasteiger charge is 2.33. The highest BCUT2D eigenvalue weighted by atomic mass is 35.5. The molecule has 0 bridgehead atoms. The van der Waals surface area contributed by atoms with Crippen molar-refractivity contribution in [2.24, 2.45) is 5.92 Å². The number of alkyl halides is 3. The van der Waals surface area contributed by atoms with Crippen LogP contribution in [0.4, 0.5) is 19.0 Å². The van der Waals surface area contributed by atoms with Gasteiger partial charge < -0.3 is 5.32 Å². The SMILES string of the molecule is FC(F)(F)c1cc(NCC2CCCCC2)nc(Cl)n1. The number of hydrogen-bond acceptors (Lipinski definition) is 3. The zero-order chi connectivity index (χ0) is 13.9. The maximum Gasteiger partial charge on any atom is 0.433 e. The minimum Gasteiger partial charge on any atom is -0.370 e. The molecule has 0 unspecified atom stereocenters. The fourth-order valence-corrected chi connectivity index (χ4v) is 2.48. The monoisotopic (exact) mass is 293 g/mol. The molecule has 1 aromatic rings. The number of nitrogens with zero attached hydrogens (tertiary/aromatic N) is 2. The van der Waals surface area contributed by atoms with E-state index < -0.39 is 11.9 Å². The maximum atomic E-state index is 12.6. The molecule has 1 aliphatic rings. The fraction of sp³-hybridized carbons (Fsp3) is 0.667. The summed E-state index contributed by atoms with van der Waals surface area (Å²) in [6.45, 7) is 0.630. The maximum absolute atomic E-state index is 12.6. The van der Waals surface area contributed by atoms with Crippen molar-refractivity contribution in [1.82, 2.24) is 9.97 Å². The Morgan fingerprint density at radius 2 is 1.89 bits per heavy atom. The van der Waals surface area contributed by atoms with Crippen molar-refractivity contribution < 1.29 is 13.2 Å². The Morgan fingerprint density at radius 1 is 1.21 bits per heavy atom. The van der Waals surface area contributed by atoms with Gasteiger partial charge in [-0.3, -0.25) is 0 Å². The molecule has 1 heterocycles. The van der Waals surface area contributed by atoms with E-state index in [0.29, 0.717) is 12.5 Å². The third-order valence-electron chi connectivity index (χ3n) is 3.29. The predicted octanol–water partition coefficient (Wildman–Crippen LogP) is 4.14. The molecule has 0 atom stereocenters. The van der Waals surface area contributed by atoms with Crippen LogP contribution in [0.3, 0.4) is 0 Å². The Bertz CT molecular complexity index is 431. The molecule has 1 N–H and O–H groups in total. The average molecular weight is 294 g/mol. The summed E-state index contributed by atoms with van der Waals surface area (Å²) < 4.78 is 37.7. The van der Waals surface area contributed by atoms with Gasteiger partial charge in [-0.25, -0.2) is 9.97 Å². The number of hydrogen-bond donors (Lipinski definition) is 1. The van der Waals surface area contributed by atoms with Gasteiger partial charge in [0.05, 0.1) is 0 Å². The highest BCUT2D eigenvalue weighted by molar-refractivity contribution is 6.28. The first-order valence-electron chi connectivity index (χ1n) is 6.31. The van der Waals surface area contributed by atoms with E-state index in [2.05, 4.69) is 15.3 Å². The minimum absolute atomic E-state index is 0.137. The molecule has 1 fully saturated rings. The predicted molar refractivity (Wildman–Crippen MR) is 67.1 cm³/mol. The van der Waals surface area contributed by atoms with E-state index in [4.69, 9.17) is 11.6 Å². The second kappa shape index (κ2) is 5.94. The standard InChI is InChI=1S/C12H15ClF3N3/c13-11-18-9(12(14,15)16)6-10(19-11)17-7-8-4-2-1-3-5-8/h6,8H,1-5,7H2,(H,17,18,19). The van der Waals surface area contributed by atoms with E-state index in [-0.39, 0.29) is 11.1 Å². The van der Waals surface area contributed by atoms with Crippen LogP contribution in [-0.4, -0.2) is 16.5 Å². The molecule has 0 aliphatic heterocycles. The number of rotatable bonds is 3. The van der Waals surface area contributed by atoms with Gasteiger partial charge in [-0.05, 0) is 30.4 Å². The average Bonchev–Trinajstić information content (AvgIpc) is 2.36. The van der Waals surface area contributed by atoms with Gasteiger partial charge in [0.2, 0.25) is 5.28 Å². The van der Waals surface area contributed by atoms with Crippen molar-refractivity contribution in [1.29, 1.82) is 0 Å². The molecule has 0 saturated heterocycles. The fourth-order valence-electron chi connectivity index (χ4n) is 2.29. The Morgan fingerprint density at radius 3 is 2.53 bits per heavy atom. The zero-order valence-corrected chi connectivity index (χ0v) is 11.1. The molecule has 2 rings (SSSR count). The summed E-state index contributed by atoms with van der Waals surface area (Å²) in [7, 11) is 0. The molecular weight excluding hydrogens is 279 g/mol. The lowest BCUT2D eigenvalue weighted by atomic mass is 9.89. The molecule has 3 nitrogen and oxygen atoms in total. The van der Waals surface area contributed by atoms with Crippen LogP contribution in [0.1, 0.15) is 37.8 Å². The number of anilines is 1. The molecule has 1 aliphatic carbocycles. The Balaban J connectivity index is 2.01. The Hall–Kier alpha value is -1.04. The molecular formula is C12H15ClF3N3. The molecule has 1 aromatic heterocycles. The van der Waals surface area contributed by atoms with Crippen LogP contribution in [-0.2, 0) is 6.18 Å². The van der Waals surface area contributed by atoms with Crippen LogP contribution >= 0.6 is 11.6 Å². The van der Waals surface area contributed by atoms with Gasteiger partial charge in [0, 0.05) is 12.6 Å². The van der Waals surface area contributed by atoms with Crippen molar-refractivity contribution in [2.75, 3.05) is 11.9 Å². The lowest BCUT2D eigenvalue weighted by molar-refractivity contribution is -0.141. The molecule has 0 aromatic carbocycles. The molecule has 0 radical (unpaired) electrons. The molecule has 0 spiro atoms. The van der Waals surface area contributed by atoms with E-state index in [1.807, 2.05) is 0 Å². The van der Waals surface area contributed by atoms with Gasteiger partial charge in [0.25, 0.3) is 0 Å². The summed E-state index contributed by atoms with van der Waals surface area (Å²) in [5.41, 5.74) is -1.02. The molecule has 7 heteroatoms. The van der Waals surface area contributed by atoms with E-state index in [1.165, 1.54) is 19.3 Å². The first-order valence-corrected chi connectivity index (χ1v) is 6.68. The summed E-state index contributed by atoms with van der Waals surface area (Å²) in [6, 6.07) is 0.898. The second-order valence-corrected chi connectivity index (χ2v) is 5.13. The van der Waals surface area contributed by atoms with Gasteiger partial charge in [-0.2, -0.15) is 13.2 Å². The molecule has 19 heavy (non-hydrogen) atoms. The van der Waals surface area contributed by atoms with Gasteiger partial charge in [-0.15, -0.1) is 0 Å². The summed E-state index contributed by atoms with van der Waals surface area (Å²) in [5.74, 6) is 0.634. The zero-order valence-electron chi connectivity index (χ0n) is 10.3. The number of aromatic nitrogens is 2. The van der Waals surface area contributed by atoms with Crippen LogP contribution in [0.2, 0.25) is 5.28 Å². The minimum atomic E-state index is -4.51. The summed E-state index contributed by atoms with van der Waals surface area (Å²) in [6.07, 6.45) is 1.33. The number of halogens is 4. The van der Waals surface area contributed by atoms with Gasteiger partial charge in [-0.1, -0.05) is 19.3 Å². The second-order valence-electron chi connectivity index (χ2n) is 4.79. The topological polar surface area (TPSA) is 37.8 Å². The Kier molecular flexibility index (Phi) is 4.50. The van der Waals surface area contributed by atoms with Gasteiger partial charge >= 0.3 is 6.18 Å². The first-order chi connectivity index (χ1) is 8.95. The lowest BCUT2D eigenvalue weighted by Crippen LogP contribution is -2.18. The summed E-state index contributed by atoms with van der Waals surface area (Å²) >= 11 is 5.52. The van der Waals surface area contributed by atoms with E-state index in [0.717, 1.165) is 18.9 Å². The third-order valence-corrected chi connectivity index (χ3v) is 3.45. The van der Waals surface area contributed by atoms with Crippen LogP contribution in [0.25, 0.3) is 0 Å². The lowest BCUT2D eigenvalue weighted by Gasteiger charge is -2.22.